The van der Waals surface area contributed by atoms with Crippen LogP contribution in [0.4, 0.5) is 0 Å². The molecule has 4 N–H and O–H groups in total. The van der Waals surface area contributed by atoms with Gasteiger partial charge >= 0.3 is 11.9 Å². The standard InChI is InChI=1S/C46H88O12S/c1-3-5-7-9-11-13-15-16-17-18-19-20-21-22-23-25-26-28-30-32-34-41(47)55-36-39(57-42(48)35-33-31-29-27-24-14-12-10-8-6-4-2)37-56-46-45(51)44(50)43(49)40(58-46)38-59(52,53)54/h39-40,43-46,49-51H,3-38H2,1-2H3,(H,52,53,54)/t39-,40-,43-,44?,45?,46+/m1/s1. The van der Waals surface area contributed by atoms with Crippen molar-refractivity contribution >= 4 is 22.1 Å². The quantitative estimate of drug-likeness (QED) is 0.0259. The van der Waals surface area contributed by atoms with Crippen LogP contribution in [-0.4, -0.2) is 96.0 Å². The van der Waals surface area contributed by atoms with Crippen molar-refractivity contribution in [1.29, 1.82) is 0 Å². The Morgan fingerprint density at radius 3 is 1.24 bits per heavy atom. The first-order chi connectivity index (χ1) is 28.5. The van der Waals surface area contributed by atoms with Crippen LogP contribution in [0.1, 0.15) is 226 Å². The fraction of sp³-hybridized carbons (Fsp3) is 0.957. The van der Waals surface area contributed by atoms with E-state index >= 15 is 0 Å². The third-order valence-electron chi connectivity index (χ3n) is 11.4. The Kier molecular flexibility index (Phi) is 35.1. The lowest BCUT2D eigenvalue weighted by Crippen LogP contribution is -2.60. The normalized spacial score (nSPS) is 20.1. The van der Waals surface area contributed by atoms with Crippen LogP contribution in [-0.2, 0) is 38.7 Å². The summed E-state index contributed by atoms with van der Waals surface area (Å²) in [5.41, 5.74) is 0. The Labute approximate surface area is 359 Å². The number of carbonyl (C=O) groups excluding carboxylic acids is 2. The summed E-state index contributed by atoms with van der Waals surface area (Å²) < 4.78 is 54.1. The molecular formula is C46H88O12S. The minimum Gasteiger partial charge on any atom is -0.462 e. The van der Waals surface area contributed by atoms with E-state index < -0.39 is 71.2 Å². The van der Waals surface area contributed by atoms with Crippen molar-refractivity contribution in [1.82, 2.24) is 0 Å². The van der Waals surface area contributed by atoms with Crippen LogP contribution in [0.25, 0.3) is 0 Å². The summed E-state index contributed by atoms with van der Waals surface area (Å²) in [4.78, 5) is 25.4. The zero-order valence-corrected chi connectivity index (χ0v) is 38.2. The molecule has 1 fully saturated rings. The molecular weight excluding hydrogens is 777 g/mol. The maximum Gasteiger partial charge on any atom is 0.306 e. The first kappa shape index (κ1) is 55.7. The van der Waals surface area contributed by atoms with Crippen LogP contribution in [0.3, 0.4) is 0 Å². The maximum absolute atomic E-state index is 12.8. The third-order valence-corrected chi connectivity index (χ3v) is 12.2. The second-order valence-corrected chi connectivity index (χ2v) is 18.6. The van der Waals surface area contributed by atoms with Crippen molar-refractivity contribution in [2.75, 3.05) is 19.0 Å². The zero-order valence-electron chi connectivity index (χ0n) is 37.4. The van der Waals surface area contributed by atoms with E-state index in [9.17, 15) is 37.9 Å². The van der Waals surface area contributed by atoms with Crippen molar-refractivity contribution in [2.24, 2.45) is 0 Å². The van der Waals surface area contributed by atoms with E-state index in [-0.39, 0.29) is 19.4 Å². The van der Waals surface area contributed by atoms with Gasteiger partial charge in [-0.1, -0.05) is 200 Å². The van der Waals surface area contributed by atoms with Crippen molar-refractivity contribution < 1.29 is 56.8 Å². The minimum atomic E-state index is -4.60. The molecule has 1 aliphatic rings. The highest BCUT2D eigenvalue weighted by atomic mass is 32.2. The Hall–Kier alpha value is -1.35. The van der Waals surface area contributed by atoms with Gasteiger partial charge in [0.15, 0.2) is 12.4 Å². The number of aliphatic hydroxyl groups excluding tert-OH is 3. The molecule has 0 aromatic rings. The molecule has 1 heterocycles. The lowest BCUT2D eigenvalue weighted by atomic mass is 10.00. The number of hydrogen-bond acceptors (Lipinski definition) is 11. The van der Waals surface area contributed by atoms with Gasteiger partial charge in [0.25, 0.3) is 10.1 Å². The van der Waals surface area contributed by atoms with Gasteiger partial charge in [-0.3, -0.25) is 14.1 Å². The Morgan fingerprint density at radius 2 is 0.864 bits per heavy atom. The van der Waals surface area contributed by atoms with Gasteiger partial charge in [-0.05, 0) is 12.8 Å². The zero-order chi connectivity index (χ0) is 43.4. The van der Waals surface area contributed by atoms with Crippen molar-refractivity contribution in [3.05, 3.63) is 0 Å². The molecule has 1 rings (SSSR count). The molecule has 0 aromatic heterocycles. The van der Waals surface area contributed by atoms with Crippen LogP contribution in [0.5, 0.6) is 0 Å². The summed E-state index contributed by atoms with van der Waals surface area (Å²) in [6.45, 7) is 3.78. The highest BCUT2D eigenvalue weighted by Gasteiger charge is 2.46. The molecule has 1 saturated heterocycles. The number of ether oxygens (including phenoxy) is 4. The molecule has 0 bridgehead atoms. The number of rotatable bonds is 41. The molecule has 0 radical (unpaired) electrons. The minimum absolute atomic E-state index is 0.171. The Morgan fingerprint density at radius 1 is 0.508 bits per heavy atom. The molecule has 13 heteroatoms. The van der Waals surface area contributed by atoms with Crippen LogP contribution < -0.4 is 0 Å². The van der Waals surface area contributed by atoms with Crippen molar-refractivity contribution in [3.8, 4) is 0 Å². The van der Waals surface area contributed by atoms with E-state index in [1.54, 1.807) is 0 Å². The molecule has 2 unspecified atom stereocenters. The summed E-state index contributed by atoms with van der Waals surface area (Å²) in [5, 5.41) is 30.9. The van der Waals surface area contributed by atoms with E-state index in [2.05, 4.69) is 13.8 Å². The van der Waals surface area contributed by atoms with Crippen LogP contribution >= 0.6 is 0 Å². The summed E-state index contributed by atoms with van der Waals surface area (Å²) >= 11 is 0. The van der Waals surface area contributed by atoms with Gasteiger partial charge in [-0.2, -0.15) is 8.42 Å². The maximum atomic E-state index is 12.8. The summed E-state index contributed by atoms with van der Waals surface area (Å²) in [6, 6.07) is 0. The molecule has 0 spiro atoms. The summed E-state index contributed by atoms with van der Waals surface area (Å²) in [5.74, 6) is -1.96. The molecule has 0 aromatic carbocycles. The van der Waals surface area contributed by atoms with Gasteiger partial charge in [0, 0.05) is 12.8 Å². The van der Waals surface area contributed by atoms with E-state index in [4.69, 9.17) is 18.9 Å². The number of aliphatic hydroxyl groups is 3. The molecule has 12 nitrogen and oxygen atoms in total. The number of unbranched alkanes of at least 4 members (excludes halogenated alkanes) is 29. The van der Waals surface area contributed by atoms with E-state index in [0.29, 0.717) is 12.8 Å². The van der Waals surface area contributed by atoms with Crippen molar-refractivity contribution in [3.63, 3.8) is 0 Å². The average molecular weight is 865 g/mol. The molecule has 0 aliphatic carbocycles. The van der Waals surface area contributed by atoms with E-state index in [0.717, 1.165) is 38.5 Å². The second-order valence-electron chi connectivity index (χ2n) is 17.1. The van der Waals surface area contributed by atoms with Gasteiger partial charge in [-0.15, -0.1) is 0 Å². The average Bonchev–Trinajstić information content (AvgIpc) is 3.20. The highest BCUT2D eigenvalue weighted by molar-refractivity contribution is 7.85. The van der Waals surface area contributed by atoms with Crippen LogP contribution in [0.2, 0.25) is 0 Å². The smallest absolute Gasteiger partial charge is 0.306 e. The van der Waals surface area contributed by atoms with Crippen molar-refractivity contribution in [2.45, 2.75) is 263 Å². The molecule has 350 valence electrons. The number of carbonyl (C=O) groups is 2. The molecule has 0 saturated carbocycles. The van der Waals surface area contributed by atoms with E-state index in [1.807, 2.05) is 0 Å². The van der Waals surface area contributed by atoms with Gasteiger partial charge < -0.3 is 34.3 Å². The van der Waals surface area contributed by atoms with Crippen LogP contribution in [0.15, 0.2) is 0 Å². The lowest BCUT2D eigenvalue weighted by molar-refractivity contribution is -0.297. The third kappa shape index (κ3) is 32.1. The SMILES string of the molecule is CCCCCCCCCCCCCCCCCCCCCCC(=O)OC[C@H](CO[C@H]1O[C@H](CS(=O)(=O)O)[C@@H](O)C(O)C1O)OC(=O)CCCCCCCCCCCCC. The highest BCUT2D eigenvalue weighted by Crippen LogP contribution is 2.24. The number of hydrogen-bond donors (Lipinski definition) is 4. The Balaban J connectivity index is 2.34. The topological polar surface area (TPSA) is 186 Å². The van der Waals surface area contributed by atoms with Gasteiger partial charge in [-0.25, -0.2) is 0 Å². The van der Waals surface area contributed by atoms with Gasteiger partial charge in [0.05, 0.1) is 6.61 Å². The predicted molar refractivity (Wildman–Crippen MR) is 234 cm³/mol. The van der Waals surface area contributed by atoms with Gasteiger partial charge in [0.1, 0.15) is 36.8 Å². The molecule has 6 atom stereocenters. The second kappa shape index (κ2) is 37.2. The molecule has 59 heavy (non-hydrogen) atoms. The fourth-order valence-corrected chi connectivity index (χ4v) is 8.37. The molecule has 0 amide bonds. The largest absolute Gasteiger partial charge is 0.462 e. The monoisotopic (exact) mass is 865 g/mol. The lowest BCUT2D eigenvalue weighted by Gasteiger charge is -2.40. The molecule has 1 aliphatic heterocycles. The van der Waals surface area contributed by atoms with E-state index in [1.165, 1.54) is 148 Å². The first-order valence-electron chi connectivity index (χ1n) is 24.1. The van der Waals surface area contributed by atoms with Crippen LogP contribution in [0, 0.1) is 0 Å². The Bertz CT molecular complexity index is 1110. The van der Waals surface area contributed by atoms with Gasteiger partial charge in [0.2, 0.25) is 0 Å². The first-order valence-corrected chi connectivity index (χ1v) is 25.7. The fourth-order valence-electron chi connectivity index (χ4n) is 7.68. The summed E-state index contributed by atoms with van der Waals surface area (Å²) in [7, 11) is -4.60. The number of esters is 2. The predicted octanol–water partition coefficient (Wildman–Crippen LogP) is 10.1. The summed E-state index contributed by atoms with van der Waals surface area (Å²) in [6.07, 6.45) is 28.7.